The Morgan fingerprint density at radius 3 is 2.86 bits per heavy atom. The van der Waals surface area contributed by atoms with E-state index in [9.17, 15) is 4.79 Å². The molecule has 0 fully saturated rings. The lowest BCUT2D eigenvalue weighted by Gasteiger charge is -2.17. The zero-order valence-corrected chi connectivity index (χ0v) is 12.2. The van der Waals surface area contributed by atoms with E-state index in [4.69, 9.17) is 10.8 Å². The summed E-state index contributed by atoms with van der Waals surface area (Å²) < 4.78 is 0. The summed E-state index contributed by atoms with van der Waals surface area (Å²) in [5, 5.41) is 11.9. The standard InChI is InChI=1S/C16H21N3O2/c1-3-4-15(17)11(2)18-16(21)19-8-13-6-5-12(10-20)7-14(13)9-19/h4-7,20H,2-3,8-10,17H2,1H3,(H,18,21)/b15-4+. The quantitative estimate of drug-likeness (QED) is 0.741. The van der Waals surface area contributed by atoms with Crippen molar-refractivity contribution in [2.75, 3.05) is 0 Å². The molecule has 112 valence electrons. The molecule has 21 heavy (non-hydrogen) atoms. The lowest BCUT2D eigenvalue weighted by molar-refractivity contribution is 0.201. The molecular weight excluding hydrogens is 266 g/mol. The van der Waals surface area contributed by atoms with Gasteiger partial charge in [0.1, 0.15) is 0 Å². The average Bonchev–Trinajstić information content (AvgIpc) is 2.90. The first-order chi connectivity index (χ1) is 10.0. The largest absolute Gasteiger partial charge is 0.397 e. The highest BCUT2D eigenvalue weighted by Gasteiger charge is 2.23. The number of amides is 2. The molecule has 0 saturated heterocycles. The third-order valence-corrected chi connectivity index (χ3v) is 3.49. The number of nitrogens with one attached hydrogen (secondary N) is 1. The smallest absolute Gasteiger partial charge is 0.322 e. The number of hydrogen-bond acceptors (Lipinski definition) is 3. The number of fused-ring (bicyclic) bond motifs is 1. The maximum absolute atomic E-state index is 12.2. The number of urea groups is 1. The molecule has 1 aliphatic heterocycles. The summed E-state index contributed by atoms with van der Waals surface area (Å²) in [5.74, 6) is 0. The predicted octanol–water partition coefficient (Wildman–Crippen LogP) is 1.97. The van der Waals surface area contributed by atoms with Crippen molar-refractivity contribution in [3.63, 3.8) is 0 Å². The second-order valence-electron chi connectivity index (χ2n) is 5.09. The van der Waals surface area contributed by atoms with Crippen LogP contribution in [0.1, 0.15) is 30.0 Å². The van der Waals surface area contributed by atoms with Crippen LogP contribution in [0.2, 0.25) is 0 Å². The fraction of sp³-hybridized carbons (Fsp3) is 0.312. The van der Waals surface area contributed by atoms with Crippen LogP contribution < -0.4 is 11.1 Å². The molecule has 0 aromatic heterocycles. The van der Waals surface area contributed by atoms with Crippen LogP contribution in [0.25, 0.3) is 0 Å². The second-order valence-corrected chi connectivity index (χ2v) is 5.09. The van der Waals surface area contributed by atoms with Crippen molar-refractivity contribution in [2.45, 2.75) is 33.0 Å². The molecule has 0 bridgehead atoms. The van der Waals surface area contributed by atoms with Gasteiger partial charge in [-0.3, -0.25) is 0 Å². The Morgan fingerprint density at radius 1 is 1.48 bits per heavy atom. The molecule has 0 unspecified atom stereocenters. The van der Waals surface area contributed by atoms with Gasteiger partial charge in [0.2, 0.25) is 0 Å². The Bertz CT molecular complexity index is 593. The Hall–Kier alpha value is -2.27. The van der Waals surface area contributed by atoms with Crippen LogP contribution in [0.5, 0.6) is 0 Å². The topological polar surface area (TPSA) is 78.6 Å². The first kappa shape index (κ1) is 15.1. The van der Waals surface area contributed by atoms with E-state index >= 15 is 0 Å². The molecule has 2 amide bonds. The molecule has 0 atom stereocenters. The molecule has 1 aliphatic rings. The zero-order valence-electron chi connectivity index (χ0n) is 12.2. The highest BCUT2D eigenvalue weighted by Crippen LogP contribution is 2.24. The highest BCUT2D eigenvalue weighted by molar-refractivity contribution is 5.77. The zero-order chi connectivity index (χ0) is 15.4. The Labute approximate surface area is 124 Å². The van der Waals surface area contributed by atoms with Crippen LogP contribution in [-0.2, 0) is 19.7 Å². The number of allylic oxidation sites excluding steroid dienone is 1. The number of hydrogen-bond donors (Lipinski definition) is 3. The van der Waals surface area contributed by atoms with Crippen LogP contribution in [0.4, 0.5) is 4.79 Å². The van der Waals surface area contributed by atoms with Crippen molar-refractivity contribution in [1.29, 1.82) is 0 Å². The Balaban J connectivity index is 2.00. The molecule has 1 aromatic rings. The third-order valence-electron chi connectivity index (χ3n) is 3.49. The number of nitrogens with zero attached hydrogens (tertiary/aromatic N) is 1. The van der Waals surface area contributed by atoms with Crippen LogP contribution in [-0.4, -0.2) is 16.0 Å². The van der Waals surface area contributed by atoms with Gasteiger partial charge in [0, 0.05) is 13.1 Å². The molecule has 5 heteroatoms. The molecule has 0 aliphatic carbocycles. The van der Waals surface area contributed by atoms with E-state index in [1.54, 1.807) is 4.90 Å². The molecular formula is C16H21N3O2. The van der Waals surface area contributed by atoms with Gasteiger partial charge in [0.05, 0.1) is 18.0 Å². The fourth-order valence-corrected chi connectivity index (χ4v) is 2.31. The minimum absolute atomic E-state index is 0.00856. The van der Waals surface area contributed by atoms with Crippen molar-refractivity contribution in [3.8, 4) is 0 Å². The average molecular weight is 287 g/mol. The van der Waals surface area contributed by atoms with Crippen molar-refractivity contribution in [3.05, 3.63) is 58.9 Å². The van der Waals surface area contributed by atoms with Crippen molar-refractivity contribution in [1.82, 2.24) is 10.2 Å². The van der Waals surface area contributed by atoms with E-state index in [0.717, 1.165) is 23.1 Å². The molecule has 0 radical (unpaired) electrons. The summed E-state index contributed by atoms with van der Waals surface area (Å²) in [6.45, 7) is 6.84. The van der Waals surface area contributed by atoms with Crippen molar-refractivity contribution >= 4 is 6.03 Å². The van der Waals surface area contributed by atoms with E-state index in [0.29, 0.717) is 24.5 Å². The molecule has 1 heterocycles. The van der Waals surface area contributed by atoms with E-state index in [1.165, 1.54) is 0 Å². The highest BCUT2D eigenvalue weighted by atomic mass is 16.3. The Morgan fingerprint density at radius 2 is 2.19 bits per heavy atom. The summed E-state index contributed by atoms with van der Waals surface area (Å²) in [7, 11) is 0. The Kier molecular flexibility index (Phi) is 4.65. The predicted molar refractivity (Wildman–Crippen MR) is 81.8 cm³/mol. The molecule has 5 nitrogen and oxygen atoms in total. The van der Waals surface area contributed by atoms with Gasteiger partial charge in [-0.25, -0.2) is 4.79 Å². The van der Waals surface area contributed by atoms with Crippen LogP contribution in [0.15, 0.2) is 42.2 Å². The van der Waals surface area contributed by atoms with Crippen molar-refractivity contribution in [2.24, 2.45) is 5.73 Å². The first-order valence-corrected chi connectivity index (χ1v) is 6.97. The van der Waals surface area contributed by atoms with Gasteiger partial charge in [0.25, 0.3) is 0 Å². The van der Waals surface area contributed by atoms with Gasteiger partial charge in [-0.05, 0) is 23.1 Å². The number of aliphatic hydroxyl groups is 1. The number of rotatable bonds is 4. The number of carbonyl (C=O) groups is 1. The third kappa shape index (κ3) is 3.44. The minimum atomic E-state index is -0.214. The number of aliphatic hydroxyl groups excluding tert-OH is 1. The number of nitrogens with two attached hydrogens (primary N) is 1. The summed E-state index contributed by atoms with van der Waals surface area (Å²) in [4.78, 5) is 13.9. The van der Waals surface area contributed by atoms with Crippen LogP contribution >= 0.6 is 0 Å². The second kappa shape index (κ2) is 6.45. The lowest BCUT2D eigenvalue weighted by atomic mass is 10.1. The molecule has 0 saturated carbocycles. The molecule has 1 aromatic carbocycles. The van der Waals surface area contributed by atoms with E-state index in [-0.39, 0.29) is 12.6 Å². The van der Waals surface area contributed by atoms with E-state index < -0.39 is 0 Å². The van der Waals surface area contributed by atoms with Crippen LogP contribution in [0.3, 0.4) is 0 Å². The maximum atomic E-state index is 12.2. The normalized spacial score (nSPS) is 14.0. The number of carbonyl (C=O) groups excluding carboxylic acids is 1. The minimum Gasteiger partial charge on any atom is -0.397 e. The maximum Gasteiger partial charge on any atom is 0.322 e. The lowest BCUT2D eigenvalue weighted by Crippen LogP contribution is -2.36. The molecule has 4 N–H and O–H groups in total. The van der Waals surface area contributed by atoms with Gasteiger partial charge in [-0.1, -0.05) is 37.8 Å². The van der Waals surface area contributed by atoms with Gasteiger partial charge in [0.15, 0.2) is 0 Å². The van der Waals surface area contributed by atoms with Gasteiger partial charge >= 0.3 is 6.03 Å². The van der Waals surface area contributed by atoms with Gasteiger partial charge in [-0.2, -0.15) is 0 Å². The van der Waals surface area contributed by atoms with Gasteiger partial charge < -0.3 is 21.1 Å². The summed E-state index contributed by atoms with van der Waals surface area (Å²) in [5.41, 5.74) is 9.74. The van der Waals surface area contributed by atoms with Crippen molar-refractivity contribution < 1.29 is 9.90 Å². The first-order valence-electron chi connectivity index (χ1n) is 6.97. The summed E-state index contributed by atoms with van der Waals surface area (Å²) in [6, 6.07) is 5.55. The SMILES string of the molecule is C=C(NC(=O)N1Cc2ccc(CO)cc2C1)/C(N)=C\CC. The monoisotopic (exact) mass is 287 g/mol. The van der Waals surface area contributed by atoms with Gasteiger partial charge in [-0.15, -0.1) is 0 Å². The number of benzene rings is 1. The fourth-order valence-electron chi connectivity index (χ4n) is 2.31. The van der Waals surface area contributed by atoms with Crippen LogP contribution in [0, 0.1) is 0 Å². The summed E-state index contributed by atoms with van der Waals surface area (Å²) >= 11 is 0. The molecule has 0 spiro atoms. The van der Waals surface area contributed by atoms with E-state index in [1.807, 2.05) is 31.2 Å². The summed E-state index contributed by atoms with van der Waals surface area (Å²) in [6.07, 6.45) is 2.61. The molecule has 2 rings (SSSR count). The van der Waals surface area contributed by atoms with E-state index in [2.05, 4.69) is 11.9 Å².